The van der Waals surface area contributed by atoms with E-state index in [0.29, 0.717) is 18.7 Å². The summed E-state index contributed by atoms with van der Waals surface area (Å²) in [5.74, 6) is 0.310. The third-order valence-corrected chi connectivity index (χ3v) is 4.76. The number of aryl methyl sites for hydroxylation is 3. The molecule has 0 aromatic heterocycles. The molecule has 1 atom stereocenters. The summed E-state index contributed by atoms with van der Waals surface area (Å²) in [6.07, 6.45) is 0.528. The van der Waals surface area contributed by atoms with E-state index in [4.69, 9.17) is 4.74 Å². The first-order chi connectivity index (χ1) is 13.3. The molecule has 28 heavy (non-hydrogen) atoms. The van der Waals surface area contributed by atoms with Crippen LogP contribution in [0.2, 0.25) is 0 Å². The zero-order valence-corrected chi connectivity index (χ0v) is 17.4. The fourth-order valence-corrected chi connectivity index (χ4v) is 3.18. The van der Waals surface area contributed by atoms with Gasteiger partial charge in [-0.1, -0.05) is 48.9 Å². The highest BCUT2D eigenvalue weighted by Gasteiger charge is 2.28. The van der Waals surface area contributed by atoms with Gasteiger partial charge in [0.05, 0.1) is 0 Å². The lowest BCUT2D eigenvalue weighted by Crippen LogP contribution is -2.49. The Morgan fingerprint density at radius 2 is 1.79 bits per heavy atom. The van der Waals surface area contributed by atoms with E-state index in [2.05, 4.69) is 5.32 Å². The first-order valence-corrected chi connectivity index (χ1v) is 9.62. The van der Waals surface area contributed by atoms with Gasteiger partial charge in [-0.05, 0) is 49.9 Å². The first-order valence-electron chi connectivity index (χ1n) is 9.62. The molecular weight excluding hydrogens is 352 g/mol. The Morgan fingerprint density at radius 3 is 2.43 bits per heavy atom. The predicted octanol–water partition coefficient (Wildman–Crippen LogP) is 3.54. The van der Waals surface area contributed by atoms with Gasteiger partial charge in [-0.15, -0.1) is 0 Å². The molecule has 0 radical (unpaired) electrons. The molecule has 0 bridgehead atoms. The van der Waals surface area contributed by atoms with Gasteiger partial charge < -0.3 is 15.0 Å². The van der Waals surface area contributed by atoms with Crippen molar-refractivity contribution in [1.29, 1.82) is 0 Å². The van der Waals surface area contributed by atoms with Crippen LogP contribution in [0.5, 0.6) is 5.75 Å². The van der Waals surface area contributed by atoms with Gasteiger partial charge in [0, 0.05) is 13.6 Å². The molecule has 150 valence electrons. The Bertz CT molecular complexity index is 832. The minimum Gasteiger partial charge on any atom is -0.483 e. The van der Waals surface area contributed by atoms with Crippen LogP contribution in [0.15, 0.2) is 42.5 Å². The van der Waals surface area contributed by atoms with Gasteiger partial charge in [0.15, 0.2) is 6.61 Å². The van der Waals surface area contributed by atoms with Crippen molar-refractivity contribution in [2.75, 3.05) is 13.7 Å². The smallest absolute Gasteiger partial charge is 0.261 e. The lowest BCUT2D eigenvalue weighted by atomic mass is 10.1. The molecule has 0 fully saturated rings. The Labute approximate surface area is 167 Å². The average Bonchev–Trinajstić information content (AvgIpc) is 2.68. The predicted molar refractivity (Wildman–Crippen MR) is 111 cm³/mol. The number of amides is 2. The van der Waals surface area contributed by atoms with Gasteiger partial charge in [-0.3, -0.25) is 9.59 Å². The maximum absolute atomic E-state index is 13.0. The van der Waals surface area contributed by atoms with E-state index in [-0.39, 0.29) is 18.4 Å². The maximum Gasteiger partial charge on any atom is 0.261 e. The van der Waals surface area contributed by atoms with Crippen LogP contribution in [-0.2, 0) is 16.1 Å². The largest absolute Gasteiger partial charge is 0.483 e. The van der Waals surface area contributed by atoms with Gasteiger partial charge in [0.2, 0.25) is 5.91 Å². The van der Waals surface area contributed by atoms with Crippen molar-refractivity contribution in [1.82, 2.24) is 10.2 Å². The minimum atomic E-state index is -0.541. The second kappa shape index (κ2) is 9.93. The van der Waals surface area contributed by atoms with Crippen LogP contribution in [0.1, 0.15) is 35.6 Å². The average molecular weight is 383 g/mol. The lowest BCUT2D eigenvalue weighted by molar-refractivity contribution is -0.142. The summed E-state index contributed by atoms with van der Waals surface area (Å²) >= 11 is 0. The van der Waals surface area contributed by atoms with Crippen LogP contribution in [0.3, 0.4) is 0 Å². The number of nitrogens with zero attached hydrogens (tertiary/aromatic N) is 1. The van der Waals surface area contributed by atoms with Gasteiger partial charge >= 0.3 is 0 Å². The van der Waals surface area contributed by atoms with E-state index < -0.39 is 6.04 Å². The minimum absolute atomic E-state index is 0.108. The third kappa shape index (κ3) is 5.59. The van der Waals surface area contributed by atoms with E-state index in [1.807, 2.05) is 70.2 Å². The van der Waals surface area contributed by atoms with Crippen LogP contribution < -0.4 is 10.1 Å². The van der Waals surface area contributed by atoms with Gasteiger partial charge in [-0.2, -0.15) is 0 Å². The normalized spacial score (nSPS) is 11.6. The number of likely N-dealkylation sites (N-methyl/N-ethyl adjacent to an activating group) is 1. The molecule has 0 aliphatic heterocycles. The Kier molecular flexibility index (Phi) is 7.61. The maximum atomic E-state index is 13.0. The number of ether oxygens (including phenoxy) is 1. The molecule has 0 aliphatic rings. The molecule has 2 aromatic carbocycles. The van der Waals surface area contributed by atoms with Crippen LogP contribution in [0.4, 0.5) is 0 Å². The van der Waals surface area contributed by atoms with Crippen molar-refractivity contribution in [3.63, 3.8) is 0 Å². The quantitative estimate of drug-likeness (QED) is 0.760. The summed E-state index contributed by atoms with van der Waals surface area (Å²) in [5.41, 5.74) is 4.15. The molecule has 5 heteroatoms. The summed E-state index contributed by atoms with van der Waals surface area (Å²) in [4.78, 5) is 27.0. The molecular formula is C23H30N2O3. The van der Waals surface area contributed by atoms with E-state index in [1.165, 1.54) is 0 Å². The lowest BCUT2D eigenvalue weighted by Gasteiger charge is -2.30. The SMILES string of the molecule is CC[C@@H](C(=O)NC)N(Cc1cccc(C)c1)C(=O)COc1cc(C)ccc1C. The van der Waals surface area contributed by atoms with Crippen LogP contribution in [0.25, 0.3) is 0 Å². The number of benzene rings is 2. The Morgan fingerprint density at radius 1 is 1.07 bits per heavy atom. The second-order valence-electron chi connectivity index (χ2n) is 7.11. The molecule has 2 rings (SSSR count). The van der Waals surface area contributed by atoms with E-state index >= 15 is 0 Å². The zero-order valence-electron chi connectivity index (χ0n) is 17.4. The van der Waals surface area contributed by atoms with E-state index in [0.717, 1.165) is 22.3 Å². The van der Waals surface area contributed by atoms with Crippen molar-refractivity contribution in [2.45, 2.75) is 46.7 Å². The number of nitrogens with one attached hydrogen (secondary N) is 1. The summed E-state index contributed by atoms with van der Waals surface area (Å²) in [7, 11) is 1.59. The molecule has 2 amide bonds. The first kappa shape index (κ1) is 21.5. The summed E-state index contributed by atoms with van der Waals surface area (Å²) in [6.45, 7) is 8.10. The monoisotopic (exact) mass is 382 g/mol. The van der Waals surface area contributed by atoms with Crippen molar-refractivity contribution in [3.05, 3.63) is 64.7 Å². The van der Waals surface area contributed by atoms with Crippen molar-refractivity contribution in [3.8, 4) is 5.75 Å². The Balaban J connectivity index is 2.22. The summed E-state index contributed by atoms with van der Waals surface area (Å²) in [5, 5.41) is 2.67. The number of rotatable bonds is 8. The van der Waals surface area contributed by atoms with Crippen molar-refractivity contribution < 1.29 is 14.3 Å². The molecule has 2 aromatic rings. The number of carbonyl (C=O) groups is 2. The molecule has 0 aliphatic carbocycles. The molecule has 0 saturated heterocycles. The second-order valence-corrected chi connectivity index (χ2v) is 7.11. The molecule has 0 saturated carbocycles. The molecule has 5 nitrogen and oxygen atoms in total. The number of carbonyl (C=O) groups excluding carboxylic acids is 2. The van der Waals surface area contributed by atoms with E-state index in [1.54, 1.807) is 11.9 Å². The highest BCUT2D eigenvalue weighted by molar-refractivity contribution is 5.88. The van der Waals surface area contributed by atoms with Gasteiger partial charge in [0.25, 0.3) is 5.91 Å². The third-order valence-electron chi connectivity index (χ3n) is 4.76. The standard InChI is InChI=1S/C23H30N2O3/c1-6-20(23(27)24-5)25(14-19-9-7-8-16(2)12-19)22(26)15-28-21-13-17(3)10-11-18(21)4/h7-13,20H,6,14-15H2,1-5H3,(H,24,27)/t20-/m0/s1. The molecule has 0 heterocycles. The van der Waals surface area contributed by atoms with Gasteiger partial charge in [-0.25, -0.2) is 0 Å². The zero-order chi connectivity index (χ0) is 20.7. The molecule has 0 spiro atoms. The number of hydrogen-bond acceptors (Lipinski definition) is 3. The van der Waals surface area contributed by atoms with Crippen molar-refractivity contribution in [2.24, 2.45) is 0 Å². The number of hydrogen-bond donors (Lipinski definition) is 1. The highest BCUT2D eigenvalue weighted by atomic mass is 16.5. The van der Waals surface area contributed by atoms with Gasteiger partial charge in [0.1, 0.15) is 11.8 Å². The van der Waals surface area contributed by atoms with E-state index in [9.17, 15) is 9.59 Å². The summed E-state index contributed by atoms with van der Waals surface area (Å²) in [6, 6.07) is 13.3. The highest BCUT2D eigenvalue weighted by Crippen LogP contribution is 2.20. The fourth-order valence-electron chi connectivity index (χ4n) is 3.18. The van der Waals surface area contributed by atoms with Crippen LogP contribution >= 0.6 is 0 Å². The molecule has 0 unspecified atom stereocenters. The van der Waals surface area contributed by atoms with Crippen LogP contribution in [-0.4, -0.2) is 36.4 Å². The van der Waals surface area contributed by atoms with Crippen molar-refractivity contribution >= 4 is 11.8 Å². The Hall–Kier alpha value is -2.82. The molecule has 1 N–H and O–H groups in total. The fraction of sp³-hybridized carbons (Fsp3) is 0.391. The topological polar surface area (TPSA) is 58.6 Å². The van der Waals surface area contributed by atoms with Crippen LogP contribution in [0, 0.1) is 20.8 Å². The summed E-state index contributed by atoms with van der Waals surface area (Å²) < 4.78 is 5.81.